The predicted octanol–water partition coefficient (Wildman–Crippen LogP) is 0.267. The molecule has 1 fully saturated rings. The third kappa shape index (κ3) is 2.26. The zero-order valence-corrected chi connectivity index (χ0v) is 7.69. The Balaban J connectivity index is 1.74. The van der Waals surface area contributed by atoms with Crippen LogP contribution in [0.1, 0.15) is 5.56 Å². The van der Waals surface area contributed by atoms with Crippen LogP contribution < -0.4 is 5.73 Å². The van der Waals surface area contributed by atoms with Crippen LogP contribution in [0.15, 0.2) is 24.5 Å². The molecule has 3 heteroatoms. The smallest absolute Gasteiger partial charge is 0.0300 e. The number of likely N-dealkylation sites (tertiary alicyclic amines) is 1. The Morgan fingerprint density at radius 1 is 1.54 bits per heavy atom. The van der Waals surface area contributed by atoms with Crippen molar-refractivity contribution in [3.05, 3.63) is 30.1 Å². The molecule has 2 heterocycles. The molecule has 70 valence electrons. The summed E-state index contributed by atoms with van der Waals surface area (Å²) in [5, 5.41) is 0. The number of aromatic nitrogens is 1. The largest absolute Gasteiger partial charge is 0.325 e. The molecular weight excluding hydrogens is 162 g/mol. The predicted molar refractivity (Wildman–Crippen MR) is 52.4 cm³/mol. The first-order chi connectivity index (χ1) is 6.34. The van der Waals surface area contributed by atoms with Gasteiger partial charge in [0.15, 0.2) is 0 Å². The molecule has 0 bridgehead atoms. The van der Waals surface area contributed by atoms with Gasteiger partial charge in [0.25, 0.3) is 0 Å². The summed E-state index contributed by atoms with van der Waals surface area (Å²) in [4.78, 5) is 6.45. The van der Waals surface area contributed by atoms with Crippen molar-refractivity contribution in [1.82, 2.24) is 9.88 Å². The van der Waals surface area contributed by atoms with E-state index in [1.165, 1.54) is 5.56 Å². The summed E-state index contributed by atoms with van der Waals surface area (Å²) >= 11 is 0. The second-order valence-electron chi connectivity index (χ2n) is 3.63. The SMILES string of the molecule is NC1CN(CCc2cccnc2)C1. The topological polar surface area (TPSA) is 42.1 Å². The molecule has 0 saturated carbocycles. The highest BCUT2D eigenvalue weighted by Gasteiger charge is 2.21. The molecule has 0 radical (unpaired) electrons. The quantitative estimate of drug-likeness (QED) is 0.720. The Morgan fingerprint density at radius 3 is 3.00 bits per heavy atom. The molecule has 0 amide bonds. The van der Waals surface area contributed by atoms with E-state index in [9.17, 15) is 0 Å². The van der Waals surface area contributed by atoms with E-state index in [4.69, 9.17) is 5.73 Å². The molecule has 0 aromatic carbocycles. The van der Waals surface area contributed by atoms with E-state index in [-0.39, 0.29) is 0 Å². The van der Waals surface area contributed by atoms with Crippen molar-refractivity contribution in [2.45, 2.75) is 12.5 Å². The van der Waals surface area contributed by atoms with Gasteiger partial charge < -0.3 is 5.73 Å². The van der Waals surface area contributed by atoms with Crippen LogP contribution in [-0.2, 0) is 6.42 Å². The van der Waals surface area contributed by atoms with Gasteiger partial charge in [0.05, 0.1) is 0 Å². The standard InChI is InChI=1S/C10H15N3/c11-10-7-13(8-10)5-3-9-2-1-4-12-6-9/h1-2,4,6,10H,3,5,7-8,11H2. The Kier molecular flexibility index (Phi) is 2.57. The van der Waals surface area contributed by atoms with Gasteiger partial charge in [-0.15, -0.1) is 0 Å². The van der Waals surface area contributed by atoms with Crippen LogP contribution in [-0.4, -0.2) is 35.6 Å². The van der Waals surface area contributed by atoms with E-state index in [1.807, 2.05) is 18.5 Å². The molecular formula is C10H15N3. The fourth-order valence-electron chi connectivity index (χ4n) is 1.63. The van der Waals surface area contributed by atoms with E-state index in [0.717, 1.165) is 26.1 Å². The minimum Gasteiger partial charge on any atom is -0.325 e. The molecule has 2 rings (SSSR count). The molecule has 0 atom stereocenters. The number of nitrogens with two attached hydrogens (primary N) is 1. The number of hydrogen-bond acceptors (Lipinski definition) is 3. The van der Waals surface area contributed by atoms with Gasteiger partial charge in [0.2, 0.25) is 0 Å². The van der Waals surface area contributed by atoms with Crippen molar-refractivity contribution >= 4 is 0 Å². The molecule has 3 nitrogen and oxygen atoms in total. The number of hydrogen-bond donors (Lipinski definition) is 1. The fraction of sp³-hybridized carbons (Fsp3) is 0.500. The molecule has 1 aliphatic rings. The molecule has 1 saturated heterocycles. The summed E-state index contributed by atoms with van der Waals surface area (Å²) in [6, 6.07) is 4.51. The van der Waals surface area contributed by atoms with Crippen LogP contribution in [0.25, 0.3) is 0 Å². The minimum atomic E-state index is 0.411. The molecule has 0 aliphatic carbocycles. The lowest BCUT2D eigenvalue weighted by molar-refractivity contribution is 0.153. The maximum atomic E-state index is 5.68. The van der Waals surface area contributed by atoms with Crippen molar-refractivity contribution in [3.63, 3.8) is 0 Å². The maximum Gasteiger partial charge on any atom is 0.0300 e. The molecule has 1 aromatic rings. The molecule has 2 N–H and O–H groups in total. The monoisotopic (exact) mass is 177 g/mol. The van der Waals surface area contributed by atoms with Crippen LogP contribution in [0.5, 0.6) is 0 Å². The average Bonchev–Trinajstić information content (AvgIpc) is 2.12. The van der Waals surface area contributed by atoms with E-state index in [2.05, 4.69) is 16.0 Å². The first kappa shape index (κ1) is 8.66. The lowest BCUT2D eigenvalue weighted by Crippen LogP contribution is -2.55. The summed E-state index contributed by atoms with van der Waals surface area (Å²) in [7, 11) is 0. The Hall–Kier alpha value is -0.930. The number of nitrogens with zero attached hydrogens (tertiary/aromatic N) is 2. The van der Waals surface area contributed by atoms with Gasteiger partial charge in [0.1, 0.15) is 0 Å². The number of rotatable bonds is 3. The van der Waals surface area contributed by atoms with Crippen molar-refractivity contribution in [2.24, 2.45) is 5.73 Å². The number of pyridine rings is 1. The van der Waals surface area contributed by atoms with Gasteiger partial charge in [-0.1, -0.05) is 6.07 Å². The van der Waals surface area contributed by atoms with E-state index < -0.39 is 0 Å². The summed E-state index contributed by atoms with van der Waals surface area (Å²) in [6.45, 7) is 3.22. The lowest BCUT2D eigenvalue weighted by Gasteiger charge is -2.36. The first-order valence-electron chi connectivity index (χ1n) is 4.71. The second kappa shape index (κ2) is 3.85. The Bertz CT molecular complexity index is 254. The van der Waals surface area contributed by atoms with Crippen molar-refractivity contribution in [3.8, 4) is 0 Å². The van der Waals surface area contributed by atoms with Crippen LogP contribution >= 0.6 is 0 Å². The molecule has 1 aliphatic heterocycles. The molecule has 0 unspecified atom stereocenters. The summed E-state index contributed by atoms with van der Waals surface area (Å²) in [5.74, 6) is 0. The van der Waals surface area contributed by atoms with E-state index >= 15 is 0 Å². The molecule has 0 spiro atoms. The van der Waals surface area contributed by atoms with Crippen molar-refractivity contribution in [1.29, 1.82) is 0 Å². The average molecular weight is 177 g/mol. The van der Waals surface area contributed by atoms with Gasteiger partial charge in [-0.2, -0.15) is 0 Å². The Morgan fingerprint density at radius 2 is 2.38 bits per heavy atom. The fourth-order valence-corrected chi connectivity index (χ4v) is 1.63. The van der Waals surface area contributed by atoms with Gasteiger partial charge in [0, 0.05) is 38.1 Å². The van der Waals surface area contributed by atoms with E-state index in [1.54, 1.807) is 0 Å². The molecule has 1 aromatic heterocycles. The zero-order valence-electron chi connectivity index (χ0n) is 7.69. The Labute approximate surface area is 78.6 Å². The summed E-state index contributed by atoms with van der Waals surface area (Å²) in [6.07, 6.45) is 4.82. The third-order valence-electron chi connectivity index (χ3n) is 2.42. The first-order valence-corrected chi connectivity index (χ1v) is 4.71. The molecule has 13 heavy (non-hydrogen) atoms. The van der Waals surface area contributed by atoms with Gasteiger partial charge >= 0.3 is 0 Å². The second-order valence-corrected chi connectivity index (χ2v) is 3.63. The van der Waals surface area contributed by atoms with Crippen LogP contribution in [0.4, 0.5) is 0 Å². The summed E-state index contributed by atoms with van der Waals surface area (Å²) < 4.78 is 0. The normalized spacial score (nSPS) is 18.5. The minimum absolute atomic E-state index is 0.411. The van der Waals surface area contributed by atoms with Crippen molar-refractivity contribution < 1.29 is 0 Å². The van der Waals surface area contributed by atoms with Gasteiger partial charge in [-0.25, -0.2) is 0 Å². The summed E-state index contributed by atoms with van der Waals surface area (Å²) in [5.41, 5.74) is 6.99. The lowest BCUT2D eigenvalue weighted by atomic mass is 10.1. The van der Waals surface area contributed by atoms with Crippen LogP contribution in [0.3, 0.4) is 0 Å². The van der Waals surface area contributed by atoms with Crippen LogP contribution in [0, 0.1) is 0 Å². The zero-order chi connectivity index (χ0) is 9.10. The highest BCUT2D eigenvalue weighted by Crippen LogP contribution is 2.06. The highest BCUT2D eigenvalue weighted by molar-refractivity contribution is 5.09. The van der Waals surface area contributed by atoms with Gasteiger partial charge in [-0.3, -0.25) is 9.88 Å². The van der Waals surface area contributed by atoms with Gasteiger partial charge in [-0.05, 0) is 18.1 Å². The van der Waals surface area contributed by atoms with Crippen molar-refractivity contribution in [2.75, 3.05) is 19.6 Å². The van der Waals surface area contributed by atoms with E-state index in [0.29, 0.717) is 6.04 Å². The highest BCUT2D eigenvalue weighted by atomic mass is 15.2. The van der Waals surface area contributed by atoms with Crippen LogP contribution in [0.2, 0.25) is 0 Å². The maximum absolute atomic E-state index is 5.68. The third-order valence-corrected chi connectivity index (χ3v) is 2.42.